The van der Waals surface area contributed by atoms with Crippen LogP contribution < -0.4 is 5.32 Å². The first-order valence-corrected chi connectivity index (χ1v) is 7.31. The van der Waals surface area contributed by atoms with Crippen molar-refractivity contribution in [3.63, 3.8) is 0 Å². The largest absolute Gasteiger partial charge is 0.395 e. The van der Waals surface area contributed by atoms with Gasteiger partial charge in [-0.1, -0.05) is 6.07 Å². The van der Waals surface area contributed by atoms with E-state index in [0.717, 1.165) is 12.9 Å². The molecule has 0 unspecified atom stereocenters. The Morgan fingerprint density at radius 1 is 1.37 bits per heavy atom. The normalized spacial score (nSPS) is 14.9. The fourth-order valence-electron chi connectivity index (χ4n) is 1.66. The summed E-state index contributed by atoms with van der Waals surface area (Å²) in [5, 5.41) is 11.8. The van der Waals surface area contributed by atoms with E-state index in [1.807, 2.05) is 12.1 Å². The fraction of sp³-hybridized carbons (Fsp3) is 0.167. The monoisotopic (exact) mass is 436 g/mol. The number of imide groups is 1. The Morgan fingerprint density at radius 3 is 2.79 bits per heavy atom. The maximum absolute atomic E-state index is 12.0. The Bertz CT molecular complexity index is 574. The van der Waals surface area contributed by atoms with Gasteiger partial charge >= 0.3 is 0 Å². The van der Waals surface area contributed by atoms with E-state index in [0.29, 0.717) is 5.69 Å². The zero-order chi connectivity index (χ0) is 14.0. The van der Waals surface area contributed by atoms with Crippen molar-refractivity contribution in [1.29, 1.82) is 0 Å². The molecule has 2 rings (SSSR count). The number of nitrogens with one attached hydrogen (secondary N) is 1. The second kappa shape index (κ2) is 6.02. The van der Waals surface area contributed by atoms with Crippen molar-refractivity contribution in [1.82, 2.24) is 4.90 Å². The first-order valence-electron chi connectivity index (χ1n) is 5.44. The summed E-state index contributed by atoms with van der Waals surface area (Å²) < 4.78 is 1.82. The van der Waals surface area contributed by atoms with E-state index in [1.54, 1.807) is 6.07 Å². The summed E-state index contributed by atoms with van der Waals surface area (Å²) in [6.45, 7) is -0.238. The second-order valence-electron chi connectivity index (χ2n) is 3.80. The van der Waals surface area contributed by atoms with Gasteiger partial charge in [-0.3, -0.25) is 14.5 Å². The molecule has 0 saturated heterocycles. The molecule has 0 fully saturated rings. The number of carbonyl (C=O) groups excluding carboxylic acids is 2. The number of aliphatic hydroxyl groups excluding tert-OH is 1. The summed E-state index contributed by atoms with van der Waals surface area (Å²) in [7, 11) is 0. The van der Waals surface area contributed by atoms with E-state index in [-0.39, 0.29) is 18.8 Å². The molecule has 0 atom stereocenters. The van der Waals surface area contributed by atoms with Crippen molar-refractivity contribution in [2.24, 2.45) is 0 Å². The van der Waals surface area contributed by atoms with Crippen LogP contribution in [0, 0.1) is 3.57 Å². The van der Waals surface area contributed by atoms with Crippen LogP contribution in [0.1, 0.15) is 0 Å². The maximum Gasteiger partial charge on any atom is 0.277 e. The average Bonchev–Trinajstić information content (AvgIpc) is 2.63. The first-order chi connectivity index (χ1) is 9.04. The number of anilines is 1. The highest BCUT2D eigenvalue weighted by molar-refractivity contribution is 14.1. The minimum absolute atomic E-state index is 0.00679. The van der Waals surface area contributed by atoms with Crippen LogP contribution in [0.4, 0.5) is 5.69 Å². The number of nitrogens with zero attached hydrogens (tertiary/aromatic N) is 1. The molecule has 1 aliphatic rings. The van der Waals surface area contributed by atoms with Crippen LogP contribution in [-0.2, 0) is 9.59 Å². The van der Waals surface area contributed by atoms with Crippen molar-refractivity contribution < 1.29 is 14.7 Å². The molecule has 0 spiro atoms. The predicted molar refractivity (Wildman–Crippen MR) is 82.4 cm³/mol. The molecule has 0 aromatic heterocycles. The molecule has 1 aromatic rings. The fourth-order valence-corrected chi connectivity index (χ4v) is 2.52. The van der Waals surface area contributed by atoms with Crippen LogP contribution in [0.15, 0.2) is 34.4 Å². The van der Waals surface area contributed by atoms with E-state index in [2.05, 4.69) is 43.8 Å². The van der Waals surface area contributed by atoms with Crippen LogP contribution in [-0.4, -0.2) is 35.0 Å². The van der Waals surface area contributed by atoms with Crippen LogP contribution in [0.25, 0.3) is 0 Å². The molecule has 2 amide bonds. The zero-order valence-electron chi connectivity index (χ0n) is 9.69. The van der Waals surface area contributed by atoms with Crippen LogP contribution in [0.3, 0.4) is 0 Å². The molecular formula is C12H10BrIN2O3. The summed E-state index contributed by atoms with van der Waals surface area (Å²) in [6, 6.07) is 5.58. The van der Waals surface area contributed by atoms with Gasteiger partial charge in [-0.05, 0) is 50.7 Å². The zero-order valence-corrected chi connectivity index (χ0v) is 13.4. The third kappa shape index (κ3) is 2.98. The molecule has 2 N–H and O–H groups in total. The summed E-state index contributed by atoms with van der Waals surface area (Å²) in [4.78, 5) is 24.5. The number of amides is 2. The molecule has 0 radical (unpaired) electrons. The molecule has 1 heterocycles. The maximum atomic E-state index is 12.0. The van der Waals surface area contributed by atoms with E-state index in [4.69, 9.17) is 5.11 Å². The smallest absolute Gasteiger partial charge is 0.277 e. The van der Waals surface area contributed by atoms with Gasteiger partial charge in [-0.15, -0.1) is 0 Å². The predicted octanol–water partition coefficient (Wildman–Crippen LogP) is 1.71. The third-order valence-electron chi connectivity index (χ3n) is 2.55. The lowest BCUT2D eigenvalue weighted by atomic mass is 10.3. The number of β-amino-alcohol motifs (C(OH)–C–C–N with tert-alkyl or cyclic N) is 1. The van der Waals surface area contributed by atoms with Crippen molar-refractivity contribution in [2.45, 2.75) is 0 Å². The number of halogens is 2. The molecule has 1 aromatic carbocycles. The Morgan fingerprint density at radius 2 is 2.11 bits per heavy atom. The molecule has 0 bridgehead atoms. The minimum Gasteiger partial charge on any atom is -0.395 e. The Balaban J connectivity index is 2.21. The second-order valence-corrected chi connectivity index (χ2v) is 5.76. The van der Waals surface area contributed by atoms with Gasteiger partial charge in [0.25, 0.3) is 11.8 Å². The Labute approximate surface area is 131 Å². The van der Waals surface area contributed by atoms with Crippen molar-refractivity contribution in [3.05, 3.63) is 38.0 Å². The summed E-state index contributed by atoms with van der Waals surface area (Å²) >= 11 is 5.58. The molecule has 100 valence electrons. The summed E-state index contributed by atoms with van der Waals surface area (Å²) in [5.74, 6) is -0.840. The molecule has 19 heavy (non-hydrogen) atoms. The topological polar surface area (TPSA) is 69.6 Å². The van der Waals surface area contributed by atoms with E-state index in [1.165, 1.54) is 6.08 Å². The lowest BCUT2D eigenvalue weighted by Crippen LogP contribution is -2.34. The summed E-state index contributed by atoms with van der Waals surface area (Å²) in [6.07, 6.45) is 1.24. The van der Waals surface area contributed by atoms with Crippen molar-refractivity contribution in [2.75, 3.05) is 18.5 Å². The number of hydrogen-bond acceptors (Lipinski definition) is 4. The highest BCUT2D eigenvalue weighted by atomic mass is 127. The van der Waals surface area contributed by atoms with Gasteiger partial charge < -0.3 is 10.4 Å². The SMILES string of the molecule is O=C1C=C(Nc2cccc(I)c2Br)C(=O)N1CCO. The lowest BCUT2D eigenvalue weighted by molar-refractivity contribution is -0.137. The number of aliphatic hydroxyl groups is 1. The Kier molecular flexibility index (Phi) is 4.58. The standard InChI is InChI=1S/C12H10BrIN2O3/c13-11-7(14)2-1-3-8(11)15-9-6-10(18)16(4-5-17)12(9)19/h1-3,6,15,17H,4-5H2. The lowest BCUT2D eigenvalue weighted by Gasteiger charge is -2.14. The van der Waals surface area contributed by atoms with Gasteiger partial charge in [0.2, 0.25) is 0 Å². The van der Waals surface area contributed by atoms with Crippen LogP contribution in [0.2, 0.25) is 0 Å². The van der Waals surface area contributed by atoms with Gasteiger partial charge in [0, 0.05) is 9.65 Å². The van der Waals surface area contributed by atoms with Crippen molar-refractivity contribution in [3.8, 4) is 0 Å². The van der Waals surface area contributed by atoms with Gasteiger partial charge in [-0.25, -0.2) is 0 Å². The van der Waals surface area contributed by atoms with Gasteiger partial charge in [-0.2, -0.15) is 0 Å². The number of carbonyl (C=O) groups is 2. The minimum atomic E-state index is -0.426. The van der Waals surface area contributed by atoms with Gasteiger partial charge in [0.05, 0.1) is 23.3 Å². The number of benzene rings is 1. The first kappa shape index (κ1) is 14.5. The van der Waals surface area contributed by atoms with Gasteiger partial charge in [0.1, 0.15) is 5.70 Å². The van der Waals surface area contributed by atoms with Crippen LogP contribution in [0.5, 0.6) is 0 Å². The van der Waals surface area contributed by atoms with Gasteiger partial charge in [0.15, 0.2) is 0 Å². The molecule has 5 nitrogen and oxygen atoms in total. The highest BCUT2D eigenvalue weighted by Crippen LogP contribution is 2.29. The molecule has 0 saturated carbocycles. The van der Waals surface area contributed by atoms with E-state index >= 15 is 0 Å². The molecule has 7 heteroatoms. The number of rotatable bonds is 4. The molecule has 0 aliphatic carbocycles. The summed E-state index contributed by atoms with van der Waals surface area (Å²) in [5.41, 5.74) is 0.922. The quantitative estimate of drug-likeness (QED) is 0.557. The molecule has 1 aliphatic heterocycles. The van der Waals surface area contributed by atoms with E-state index < -0.39 is 11.8 Å². The Hall–Kier alpha value is -0.930. The van der Waals surface area contributed by atoms with Crippen molar-refractivity contribution >= 4 is 56.0 Å². The van der Waals surface area contributed by atoms with E-state index in [9.17, 15) is 9.59 Å². The van der Waals surface area contributed by atoms with Crippen LogP contribution >= 0.6 is 38.5 Å². The third-order valence-corrected chi connectivity index (χ3v) is 5.05. The highest BCUT2D eigenvalue weighted by Gasteiger charge is 2.30. The molecular weight excluding hydrogens is 427 g/mol. The number of hydrogen-bond donors (Lipinski definition) is 2. The average molecular weight is 437 g/mol.